The zero-order valence-electron chi connectivity index (χ0n) is 18.1. The van der Waals surface area contributed by atoms with Gasteiger partial charge in [0.15, 0.2) is 0 Å². The zero-order chi connectivity index (χ0) is 22.5. The molecule has 6 nitrogen and oxygen atoms in total. The third-order valence-corrected chi connectivity index (χ3v) is 5.13. The molecule has 31 heavy (non-hydrogen) atoms. The number of anilines is 1. The Hall–Kier alpha value is -3.67. The highest BCUT2D eigenvalue weighted by molar-refractivity contribution is 6.23. The van der Waals surface area contributed by atoms with Crippen molar-refractivity contribution in [3.05, 3.63) is 82.1 Å². The van der Waals surface area contributed by atoms with E-state index in [-0.39, 0.29) is 23.7 Å². The van der Waals surface area contributed by atoms with Gasteiger partial charge in [0.2, 0.25) is 0 Å². The van der Waals surface area contributed by atoms with Crippen LogP contribution < -0.4 is 4.90 Å². The SMILES string of the molecule is CCOC(=O)c1ccc(N2C(=O)/C(=C\c3ccc(CC)cc3)C(C(=O)OC)=C2C)cc1. The summed E-state index contributed by atoms with van der Waals surface area (Å²) in [5.74, 6) is -1.34. The standard InChI is InChI=1S/C25H25NO5/c1-5-17-7-9-18(10-8-17)15-21-22(25(29)30-4)16(3)26(23(21)27)20-13-11-19(12-14-20)24(28)31-6-2/h7-15H,5-6H2,1-4H3/b21-15-. The van der Waals surface area contributed by atoms with Gasteiger partial charge in [-0.2, -0.15) is 0 Å². The van der Waals surface area contributed by atoms with Gasteiger partial charge in [0.1, 0.15) is 0 Å². The fourth-order valence-electron chi connectivity index (χ4n) is 3.47. The minimum Gasteiger partial charge on any atom is -0.465 e. The Morgan fingerprint density at radius 3 is 2.16 bits per heavy atom. The highest BCUT2D eigenvalue weighted by Crippen LogP contribution is 2.35. The fraction of sp³-hybridized carbons (Fsp3) is 0.240. The third-order valence-electron chi connectivity index (χ3n) is 5.13. The van der Waals surface area contributed by atoms with Crippen LogP contribution in [-0.4, -0.2) is 31.6 Å². The predicted octanol–water partition coefficient (Wildman–Crippen LogP) is 4.30. The lowest BCUT2D eigenvalue weighted by atomic mass is 10.0. The van der Waals surface area contributed by atoms with E-state index in [1.54, 1.807) is 44.2 Å². The summed E-state index contributed by atoms with van der Waals surface area (Å²) in [7, 11) is 1.29. The number of carbonyl (C=O) groups is 3. The first kappa shape index (κ1) is 22.0. The van der Waals surface area contributed by atoms with Crippen LogP contribution in [0.15, 0.2) is 65.4 Å². The van der Waals surface area contributed by atoms with Gasteiger partial charge in [-0.3, -0.25) is 9.69 Å². The molecule has 1 heterocycles. The lowest BCUT2D eigenvalue weighted by molar-refractivity contribution is -0.136. The van der Waals surface area contributed by atoms with Crippen LogP contribution in [0.4, 0.5) is 5.69 Å². The number of amides is 1. The number of nitrogens with zero attached hydrogens (tertiary/aromatic N) is 1. The quantitative estimate of drug-likeness (QED) is 0.516. The van der Waals surface area contributed by atoms with Crippen molar-refractivity contribution in [3.8, 4) is 0 Å². The van der Waals surface area contributed by atoms with E-state index >= 15 is 0 Å². The van der Waals surface area contributed by atoms with Gasteiger partial charge in [-0.1, -0.05) is 31.2 Å². The van der Waals surface area contributed by atoms with Crippen LogP contribution in [0.3, 0.4) is 0 Å². The minimum absolute atomic E-state index is 0.224. The molecule has 0 aliphatic carbocycles. The first-order chi connectivity index (χ1) is 14.9. The van der Waals surface area contributed by atoms with Gasteiger partial charge in [0.05, 0.1) is 30.4 Å². The average molecular weight is 419 g/mol. The number of benzene rings is 2. The normalized spacial score (nSPS) is 14.9. The van der Waals surface area contributed by atoms with E-state index in [0.29, 0.717) is 16.9 Å². The molecule has 160 valence electrons. The number of methoxy groups -OCH3 is 1. The van der Waals surface area contributed by atoms with Crippen LogP contribution >= 0.6 is 0 Å². The molecular weight excluding hydrogens is 394 g/mol. The van der Waals surface area contributed by atoms with Crippen molar-refractivity contribution in [1.29, 1.82) is 0 Å². The second kappa shape index (κ2) is 9.43. The summed E-state index contributed by atoms with van der Waals surface area (Å²) in [6, 6.07) is 14.3. The number of rotatable bonds is 6. The molecule has 1 amide bonds. The van der Waals surface area contributed by atoms with E-state index in [1.165, 1.54) is 17.6 Å². The number of allylic oxidation sites excluding steroid dienone is 1. The van der Waals surface area contributed by atoms with Gasteiger partial charge in [-0.05, 0) is 61.7 Å². The topological polar surface area (TPSA) is 72.9 Å². The summed E-state index contributed by atoms with van der Waals surface area (Å²) >= 11 is 0. The number of hydrogen-bond acceptors (Lipinski definition) is 5. The Bertz CT molecular complexity index is 1060. The molecule has 0 unspecified atom stereocenters. The van der Waals surface area contributed by atoms with Crippen molar-refractivity contribution in [3.63, 3.8) is 0 Å². The molecule has 0 saturated carbocycles. The number of hydrogen-bond donors (Lipinski definition) is 0. The molecule has 0 spiro atoms. The van der Waals surface area contributed by atoms with E-state index in [4.69, 9.17) is 9.47 Å². The molecule has 0 fully saturated rings. The molecule has 3 rings (SSSR count). The second-order valence-corrected chi connectivity index (χ2v) is 7.01. The Labute approximate surface area is 181 Å². The summed E-state index contributed by atoms with van der Waals surface area (Å²) < 4.78 is 9.94. The summed E-state index contributed by atoms with van der Waals surface area (Å²) in [5, 5.41) is 0. The Kier molecular flexibility index (Phi) is 6.70. The zero-order valence-corrected chi connectivity index (χ0v) is 18.1. The Morgan fingerprint density at radius 1 is 0.968 bits per heavy atom. The highest BCUT2D eigenvalue weighted by Gasteiger charge is 2.37. The number of esters is 2. The van der Waals surface area contributed by atoms with Crippen LogP contribution in [0.1, 0.15) is 42.3 Å². The second-order valence-electron chi connectivity index (χ2n) is 7.01. The van der Waals surface area contributed by atoms with Crippen LogP contribution in [0.2, 0.25) is 0 Å². The maximum absolute atomic E-state index is 13.3. The molecule has 0 aromatic heterocycles. The van der Waals surface area contributed by atoms with E-state index in [2.05, 4.69) is 6.92 Å². The molecule has 0 saturated heterocycles. The molecule has 0 atom stereocenters. The van der Waals surface area contributed by atoms with Crippen LogP contribution in [0.25, 0.3) is 6.08 Å². The van der Waals surface area contributed by atoms with Gasteiger partial charge in [-0.15, -0.1) is 0 Å². The van der Waals surface area contributed by atoms with E-state index in [0.717, 1.165) is 12.0 Å². The van der Waals surface area contributed by atoms with E-state index < -0.39 is 11.9 Å². The maximum Gasteiger partial charge on any atom is 0.340 e. The summed E-state index contributed by atoms with van der Waals surface area (Å²) in [6.07, 6.45) is 2.61. The lowest BCUT2D eigenvalue weighted by Crippen LogP contribution is -2.24. The van der Waals surface area contributed by atoms with Crippen molar-refractivity contribution >= 4 is 29.6 Å². The van der Waals surface area contributed by atoms with Crippen molar-refractivity contribution in [2.24, 2.45) is 0 Å². The molecule has 0 radical (unpaired) electrons. The first-order valence-electron chi connectivity index (χ1n) is 10.1. The number of aryl methyl sites for hydroxylation is 1. The molecule has 0 N–H and O–H groups in total. The van der Waals surface area contributed by atoms with Crippen molar-refractivity contribution in [2.75, 3.05) is 18.6 Å². The number of ether oxygens (including phenoxy) is 2. The molecule has 1 aliphatic heterocycles. The first-order valence-corrected chi connectivity index (χ1v) is 10.1. The molecule has 0 bridgehead atoms. The molecule has 2 aromatic rings. The largest absolute Gasteiger partial charge is 0.465 e. The summed E-state index contributed by atoms with van der Waals surface area (Å²) in [4.78, 5) is 39.2. The molecule has 1 aliphatic rings. The molecule has 6 heteroatoms. The smallest absolute Gasteiger partial charge is 0.340 e. The monoisotopic (exact) mass is 419 g/mol. The van der Waals surface area contributed by atoms with Crippen LogP contribution in [-0.2, 0) is 25.5 Å². The van der Waals surface area contributed by atoms with Crippen LogP contribution in [0.5, 0.6) is 0 Å². The van der Waals surface area contributed by atoms with Crippen molar-refractivity contribution < 1.29 is 23.9 Å². The Morgan fingerprint density at radius 2 is 1.61 bits per heavy atom. The van der Waals surface area contributed by atoms with Crippen LogP contribution in [0, 0.1) is 0 Å². The summed E-state index contributed by atoms with van der Waals surface area (Å²) in [5.41, 5.74) is 3.89. The molecular formula is C25H25NO5. The van der Waals surface area contributed by atoms with Gasteiger partial charge < -0.3 is 9.47 Å². The summed E-state index contributed by atoms with van der Waals surface area (Å²) in [6.45, 7) is 5.79. The predicted molar refractivity (Wildman–Crippen MR) is 118 cm³/mol. The lowest BCUT2D eigenvalue weighted by Gasteiger charge is -2.18. The van der Waals surface area contributed by atoms with E-state index in [9.17, 15) is 14.4 Å². The van der Waals surface area contributed by atoms with Gasteiger partial charge in [0, 0.05) is 11.4 Å². The molecule has 2 aromatic carbocycles. The highest BCUT2D eigenvalue weighted by atomic mass is 16.5. The minimum atomic E-state index is -0.576. The fourth-order valence-corrected chi connectivity index (χ4v) is 3.47. The van der Waals surface area contributed by atoms with Gasteiger partial charge in [-0.25, -0.2) is 9.59 Å². The van der Waals surface area contributed by atoms with Gasteiger partial charge >= 0.3 is 11.9 Å². The number of carbonyl (C=O) groups excluding carboxylic acids is 3. The maximum atomic E-state index is 13.3. The Balaban J connectivity index is 2.01. The van der Waals surface area contributed by atoms with Crippen molar-refractivity contribution in [1.82, 2.24) is 0 Å². The average Bonchev–Trinajstić information content (AvgIpc) is 3.03. The third kappa shape index (κ3) is 4.43. The van der Waals surface area contributed by atoms with Crippen molar-refractivity contribution in [2.45, 2.75) is 27.2 Å². The van der Waals surface area contributed by atoms with Gasteiger partial charge in [0.25, 0.3) is 5.91 Å². The van der Waals surface area contributed by atoms with E-state index in [1.807, 2.05) is 24.3 Å².